The number of rotatable bonds is 2. The average Bonchev–Trinajstić information content (AvgIpc) is 1.41. The lowest BCUT2D eigenvalue weighted by atomic mass is 10.9. The Balaban J connectivity index is 0. The number of carbonyl (C=O) groups excluding carboxylic acids is 1. The molecule has 0 fully saturated rings. The van der Waals surface area contributed by atoms with Gasteiger partial charge in [-0.2, -0.15) is 0 Å². The summed E-state index contributed by atoms with van der Waals surface area (Å²) in [6.07, 6.45) is 0. The van der Waals surface area contributed by atoms with Gasteiger partial charge in [0.15, 0.2) is 0 Å². The van der Waals surface area contributed by atoms with Crippen LogP contribution in [0.15, 0.2) is 0 Å². The van der Waals surface area contributed by atoms with Gasteiger partial charge in [0.25, 0.3) is 6.47 Å². The van der Waals surface area contributed by atoms with E-state index in [0.29, 0.717) is 13.1 Å². The third-order valence-corrected chi connectivity index (χ3v) is 0.235. The first kappa shape index (κ1) is 9.08. The topological polar surface area (TPSA) is 26.3 Å². The molecule has 6 heavy (non-hydrogen) atoms. The molecule has 2 nitrogen and oxygen atoms in total. The van der Waals surface area contributed by atoms with Crippen molar-refractivity contribution in [2.24, 2.45) is 0 Å². The summed E-state index contributed by atoms with van der Waals surface area (Å²) in [6, 6.07) is 0. The predicted molar refractivity (Wildman–Crippen MR) is 24.4 cm³/mol. The zero-order valence-corrected chi connectivity index (χ0v) is 3.10. The summed E-state index contributed by atoms with van der Waals surface area (Å²) in [6.45, 7) is 2.66. The molecule has 0 amide bonds. The Morgan fingerprint density at radius 2 is 2.33 bits per heavy atom. The lowest BCUT2D eigenvalue weighted by molar-refractivity contribution is -0.128. The van der Waals surface area contributed by atoms with Crippen molar-refractivity contribution < 1.29 is 9.53 Å². The Kier molecular flexibility index (Phi) is 13.3. The van der Waals surface area contributed by atoms with E-state index in [1.165, 1.54) is 0 Å². The Morgan fingerprint density at radius 3 is 2.33 bits per heavy atom. The van der Waals surface area contributed by atoms with E-state index in [1.54, 1.807) is 6.92 Å². The van der Waals surface area contributed by atoms with Crippen LogP contribution in [0.4, 0.5) is 0 Å². The lowest BCUT2D eigenvalue weighted by Gasteiger charge is -1.79. The highest BCUT2D eigenvalue weighted by Crippen LogP contribution is 1.55. The van der Waals surface area contributed by atoms with Crippen LogP contribution >= 0.6 is 0 Å². The third kappa shape index (κ3) is 9.80. The van der Waals surface area contributed by atoms with Crippen molar-refractivity contribution in [1.29, 1.82) is 0 Å². The minimum absolute atomic E-state index is 0. The van der Waals surface area contributed by atoms with Gasteiger partial charge in [-0.15, -0.1) is 0 Å². The predicted octanol–water partition coefficient (Wildman–Crippen LogP) is 0.815. The summed E-state index contributed by atoms with van der Waals surface area (Å²) in [5, 5.41) is 0. The average molecular weight is 90.1 g/mol. The minimum atomic E-state index is 0. The van der Waals surface area contributed by atoms with Gasteiger partial charge in [-0.05, 0) is 6.92 Å². The lowest BCUT2D eigenvalue weighted by Crippen LogP contribution is -1.80. The van der Waals surface area contributed by atoms with Gasteiger partial charge in [0.05, 0.1) is 6.61 Å². The molecule has 0 unspecified atom stereocenters. The van der Waals surface area contributed by atoms with Crippen molar-refractivity contribution >= 4 is 6.47 Å². The molecule has 0 aliphatic carbocycles. The zero-order valence-electron chi connectivity index (χ0n) is 3.10. The maximum atomic E-state index is 9.18. The van der Waals surface area contributed by atoms with Crippen molar-refractivity contribution in [3.63, 3.8) is 0 Å². The maximum Gasteiger partial charge on any atom is 0.293 e. The first-order valence-corrected chi connectivity index (χ1v) is 1.47. The van der Waals surface area contributed by atoms with Gasteiger partial charge in [0.1, 0.15) is 0 Å². The van der Waals surface area contributed by atoms with E-state index in [2.05, 4.69) is 4.74 Å². The molecule has 0 heterocycles. The summed E-state index contributed by atoms with van der Waals surface area (Å²) >= 11 is 0. The van der Waals surface area contributed by atoms with Crippen molar-refractivity contribution in [1.82, 2.24) is 0 Å². The van der Waals surface area contributed by atoms with Crippen LogP contribution in [0.3, 0.4) is 0 Å². The largest absolute Gasteiger partial charge is 0.468 e. The van der Waals surface area contributed by atoms with E-state index in [0.717, 1.165) is 0 Å². The Morgan fingerprint density at radius 1 is 1.83 bits per heavy atom. The van der Waals surface area contributed by atoms with Gasteiger partial charge < -0.3 is 4.74 Å². The molecule has 2 heteroatoms. The second kappa shape index (κ2) is 8.82. The molecule has 0 N–H and O–H groups in total. The van der Waals surface area contributed by atoms with Gasteiger partial charge in [-0.3, -0.25) is 4.79 Å². The molecule has 0 spiro atoms. The minimum Gasteiger partial charge on any atom is -0.468 e. The van der Waals surface area contributed by atoms with Crippen LogP contribution in [0.25, 0.3) is 0 Å². The fourth-order valence-corrected chi connectivity index (χ4v) is 0.0680. The van der Waals surface area contributed by atoms with Gasteiger partial charge >= 0.3 is 0 Å². The van der Waals surface area contributed by atoms with Crippen molar-refractivity contribution in [3.05, 3.63) is 0 Å². The molecule has 0 aromatic carbocycles. The first-order chi connectivity index (χ1) is 2.41. The van der Waals surface area contributed by atoms with E-state index in [-0.39, 0.29) is 7.43 Å². The van der Waals surface area contributed by atoms with Crippen molar-refractivity contribution in [3.8, 4) is 0 Å². The highest BCUT2D eigenvalue weighted by molar-refractivity contribution is 5.36. The van der Waals surface area contributed by atoms with Gasteiger partial charge in [-0.25, -0.2) is 0 Å². The van der Waals surface area contributed by atoms with Gasteiger partial charge in [-0.1, -0.05) is 7.43 Å². The molecule has 0 aliphatic heterocycles. The molecule has 0 saturated heterocycles. The van der Waals surface area contributed by atoms with Crippen LogP contribution in [-0.4, -0.2) is 13.1 Å². The third-order valence-electron chi connectivity index (χ3n) is 0.235. The number of hydrogen-bond acceptors (Lipinski definition) is 2. The van der Waals surface area contributed by atoms with E-state index in [4.69, 9.17) is 0 Å². The molecule has 0 aromatic heterocycles. The number of ether oxygens (including phenoxy) is 1. The highest BCUT2D eigenvalue weighted by Gasteiger charge is 1.60. The quantitative estimate of drug-likeness (QED) is 0.469. The normalized spacial score (nSPS) is 5.50. The van der Waals surface area contributed by atoms with E-state index in [1.807, 2.05) is 0 Å². The number of hydrogen-bond donors (Lipinski definition) is 0. The summed E-state index contributed by atoms with van der Waals surface area (Å²) < 4.78 is 4.15. The van der Waals surface area contributed by atoms with Crippen LogP contribution in [-0.2, 0) is 9.53 Å². The molecule has 0 rings (SSSR count). The highest BCUT2D eigenvalue weighted by atomic mass is 16.5. The molecular weight excluding hydrogens is 80.0 g/mol. The first-order valence-electron chi connectivity index (χ1n) is 1.47. The summed E-state index contributed by atoms with van der Waals surface area (Å²) in [4.78, 5) is 9.18. The molecule has 0 saturated carbocycles. The van der Waals surface area contributed by atoms with Crippen molar-refractivity contribution in [2.75, 3.05) is 6.61 Å². The monoisotopic (exact) mass is 90.1 g/mol. The molecule has 0 atom stereocenters. The van der Waals surface area contributed by atoms with Crippen LogP contribution in [0.5, 0.6) is 0 Å². The van der Waals surface area contributed by atoms with Crippen LogP contribution in [0.1, 0.15) is 14.4 Å². The molecule has 0 bridgehead atoms. The summed E-state index contributed by atoms with van der Waals surface area (Å²) in [5.41, 5.74) is 0. The summed E-state index contributed by atoms with van der Waals surface area (Å²) in [7, 11) is 0. The Labute approximate surface area is 38.1 Å². The zero-order chi connectivity index (χ0) is 4.12. The standard InChI is InChI=1S/C3H6O2.CH4/c1-2-5-3-4;/h3H,2H2,1H3;1H4. The van der Waals surface area contributed by atoms with Crippen LogP contribution < -0.4 is 0 Å². The Hall–Kier alpha value is -0.530. The van der Waals surface area contributed by atoms with Crippen LogP contribution in [0, 0.1) is 0 Å². The smallest absolute Gasteiger partial charge is 0.293 e. The molecule has 0 aliphatic rings. The Bertz CT molecular complexity index is 26.7. The second-order valence-corrected chi connectivity index (χ2v) is 0.552. The van der Waals surface area contributed by atoms with Crippen LogP contribution in [0.2, 0.25) is 0 Å². The fraction of sp³-hybridized carbons (Fsp3) is 0.750. The summed E-state index contributed by atoms with van der Waals surface area (Å²) in [5.74, 6) is 0. The maximum absolute atomic E-state index is 9.18. The van der Waals surface area contributed by atoms with E-state index >= 15 is 0 Å². The number of carbonyl (C=O) groups is 1. The SMILES string of the molecule is C.CCOC=O. The second-order valence-electron chi connectivity index (χ2n) is 0.552. The molecular formula is C4H10O2. The van der Waals surface area contributed by atoms with E-state index < -0.39 is 0 Å². The van der Waals surface area contributed by atoms with Crippen molar-refractivity contribution in [2.45, 2.75) is 14.4 Å². The molecule has 0 aromatic rings. The molecule has 38 valence electrons. The fourth-order valence-electron chi connectivity index (χ4n) is 0.0680. The van der Waals surface area contributed by atoms with Gasteiger partial charge in [0, 0.05) is 0 Å². The van der Waals surface area contributed by atoms with E-state index in [9.17, 15) is 4.79 Å². The van der Waals surface area contributed by atoms with Gasteiger partial charge in [0.2, 0.25) is 0 Å². The molecule has 0 radical (unpaired) electrons.